The number of hydrogen-bond donors (Lipinski definition) is 2. The summed E-state index contributed by atoms with van der Waals surface area (Å²) in [4.78, 5) is 9.72. The van der Waals surface area contributed by atoms with Crippen LogP contribution in [-0.4, -0.2) is 9.97 Å². The number of nitrogens with zero attached hydrogens (tertiary/aromatic N) is 2. The van der Waals surface area contributed by atoms with E-state index in [9.17, 15) is 0 Å². The number of rotatable bonds is 3. The van der Waals surface area contributed by atoms with Crippen molar-refractivity contribution in [1.82, 2.24) is 9.97 Å². The maximum absolute atomic E-state index is 5.73. The Morgan fingerprint density at radius 1 is 1.26 bits per heavy atom. The third-order valence-electron chi connectivity index (χ3n) is 2.67. The maximum Gasteiger partial charge on any atom is 0.222 e. The highest BCUT2D eigenvalue weighted by Crippen LogP contribution is 2.24. The van der Waals surface area contributed by atoms with Gasteiger partial charge in [-0.2, -0.15) is 4.98 Å². The molecule has 0 spiro atoms. The van der Waals surface area contributed by atoms with E-state index < -0.39 is 0 Å². The van der Waals surface area contributed by atoms with Gasteiger partial charge >= 0.3 is 0 Å². The van der Waals surface area contributed by atoms with Gasteiger partial charge in [0.15, 0.2) is 0 Å². The van der Waals surface area contributed by atoms with Crippen molar-refractivity contribution in [3.8, 4) is 0 Å². The number of fused-ring (bicyclic) bond motifs is 1. The summed E-state index contributed by atoms with van der Waals surface area (Å²) < 4.78 is 1.10. The largest absolute Gasteiger partial charge is 0.368 e. The van der Waals surface area contributed by atoms with E-state index in [1.165, 1.54) is 4.88 Å². The van der Waals surface area contributed by atoms with E-state index in [1.807, 2.05) is 24.3 Å². The lowest BCUT2D eigenvalue weighted by molar-refractivity contribution is 1.13. The Hall–Kier alpha value is -1.66. The first-order valence-corrected chi connectivity index (χ1v) is 7.39. The van der Waals surface area contributed by atoms with Crippen LogP contribution in [0.1, 0.15) is 4.88 Å². The highest BCUT2D eigenvalue weighted by molar-refractivity contribution is 9.10. The Balaban J connectivity index is 1.91. The molecule has 3 rings (SSSR count). The number of nitrogens with two attached hydrogens (primary N) is 1. The minimum atomic E-state index is 0.286. The smallest absolute Gasteiger partial charge is 0.222 e. The lowest BCUT2D eigenvalue weighted by atomic mass is 10.2. The molecule has 0 aliphatic heterocycles. The standard InChI is InChI=1S/C13H11BrN4S/c14-8-5-9(19-7-8)6-16-12-10-3-1-2-4-11(10)17-13(15)18-12/h1-5,7H,6H2,(H3,15,16,17,18). The molecule has 0 bridgehead atoms. The Kier molecular flexibility index (Phi) is 3.35. The van der Waals surface area contributed by atoms with Gasteiger partial charge < -0.3 is 11.1 Å². The Morgan fingerprint density at radius 2 is 2.11 bits per heavy atom. The first kappa shape index (κ1) is 12.4. The summed E-state index contributed by atoms with van der Waals surface area (Å²) >= 11 is 5.14. The zero-order valence-corrected chi connectivity index (χ0v) is 12.3. The number of nitrogens with one attached hydrogen (secondary N) is 1. The molecule has 0 saturated carbocycles. The number of anilines is 2. The molecule has 3 aromatic rings. The lowest BCUT2D eigenvalue weighted by Crippen LogP contribution is -2.04. The van der Waals surface area contributed by atoms with E-state index in [0.29, 0.717) is 0 Å². The van der Waals surface area contributed by atoms with Crippen molar-refractivity contribution in [1.29, 1.82) is 0 Å². The number of nitrogen functional groups attached to an aromatic ring is 1. The Bertz CT molecular complexity index is 725. The summed E-state index contributed by atoms with van der Waals surface area (Å²) in [7, 11) is 0. The molecule has 0 aliphatic rings. The molecule has 0 aliphatic carbocycles. The monoisotopic (exact) mass is 334 g/mol. The second kappa shape index (κ2) is 5.14. The van der Waals surface area contributed by atoms with Crippen molar-refractivity contribution >= 4 is 49.9 Å². The highest BCUT2D eigenvalue weighted by atomic mass is 79.9. The Labute approximate surface area is 122 Å². The number of benzene rings is 1. The maximum atomic E-state index is 5.73. The number of para-hydroxylation sites is 1. The van der Waals surface area contributed by atoms with E-state index in [1.54, 1.807) is 11.3 Å². The number of halogens is 1. The van der Waals surface area contributed by atoms with Gasteiger partial charge in [0, 0.05) is 20.1 Å². The fourth-order valence-electron chi connectivity index (χ4n) is 1.85. The van der Waals surface area contributed by atoms with Gasteiger partial charge in [-0.05, 0) is 34.1 Å². The predicted molar refractivity (Wildman–Crippen MR) is 83.3 cm³/mol. The van der Waals surface area contributed by atoms with Crippen LogP contribution in [0.3, 0.4) is 0 Å². The van der Waals surface area contributed by atoms with Crippen molar-refractivity contribution in [3.05, 3.63) is 45.1 Å². The number of thiophene rings is 1. The van der Waals surface area contributed by atoms with Gasteiger partial charge in [-0.1, -0.05) is 12.1 Å². The molecule has 96 valence electrons. The van der Waals surface area contributed by atoms with E-state index in [4.69, 9.17) is 5.73 Å². The van der Waals surface area contributed by atoms with Crippen LogP contribution >= 0.6 is 27.3 Å². The van der Waals surface area contributed by atoms with Crippen LogP contribution in [0.4, 0.5) is 11.8 Å². The van der Waals surface area contributed by atoms with Crippen LogP contribution < -0.4 is 11.1 Å². The van der Waals surface area contributed by atoms with E-state index in [0.717, 1.165) is 27.7 Å². The third kappa shape index (κ3) is 2.69. The molecule has 0 atom stereocenters. The number of aromatic nitrogens is 2. The van der Waals surface area contributed by atoms with Crippen molar-refractivity contribution in [2.75, 3.05) is 11.1 Å². The average Bonchev–Trinajstić information content (AvgIpc) is 2.81. The lowest BCUT2D eigenvalue weighted by Gasteiger charge is -2.08. The molecule has 1 aromatic carbocycles. The molecule has 2 aromatic heterocycles. The molecule has 4 nitrogen and oxygen atoms in total. The third-order valence-corrected chi connectivity index (χ3v) is 4.37. The summed E-state index contributed by atoms with van der Waals surface area (Å²) in [6.07, 6.45) is 0. The van der Waals surface area contributed by atoms with Gasteiger partial charge in [0.1, 0.15) is 5.82 Å². The minimum Gasteiger partial charge on any atom is -0.368 e. The fourth-order valence-corrected chi connectivity index (χ4v) is 3.24. The molecule has 0 saturated heterocycles. The van der Waals surface area contributed by atoms with Gasteiger partial charge in [0.2, 0.25) is 5.95 Å². The van der Waals surface area contributed by atoms with E-state index in [-0.39, 0.29) is 5.95 Å². The second-order valence-electron chi connectivity index (χ2n) is 4.03. The summed E-state index contributed by atoms with van der Waals surface area (Å²) in [5, 5.41) is 6.35. The Morgan fingerprint density at radius 3 is 2.89 bits per heavy atom. The molecular weight excluding hydrogens is 324 g/mol. The quantitative estimate of drug-likeness (QED) is 0.767. The zero-order valence-electron chi connectivity index (χ0n) is 9.93. The van der Waals surface area contributed by atoms with Crippen LogP contribution in [0.2, 0.25) is 0 Å². The van der Waals surface area contributed by atoms with Gasteiger partial charge in [0.05, 0.1) is 12.1 Å². The van der Waals surface area contributed by atoms with Crippen molar-refractivity contribution < 1.29 is 0 Å². The fraction of sp³-hybridized carbons (Fsp3) is 0.0769. The molecular formula is C13H11BrN4S. The SMILES string of the molecule is Nc1nc(NCc2cc(Br)cs2)c2ccccc2n1. The van der Waals surface area contributed by atoms with Crippen molar-refractivity contribution in [2.45, 2.75) is 6.54 Å². The predicted octanol–water partition coefficient (Wildman–Crippen LogP) is 3.65. The van der Waals surface area contributed by atoms with Crippen molar-refractivity contribution in [3.63, 3.8) is 0 Å². The molecule has 0 amide bonds. The zero-order chi connectivity index (χ0) is 13.2. The van der Waals surface area contributed by atoms with E-state index >= 15 is 0 Å². The van der Waals surface area contributed by atoms with Gasteiger partial charge in [-0.25, -0.2) is 4.98 Å². The van der Waals surface area contributed by atoms with Crippen LogP contribution in [0.25, 0.3) is 10.9 Å². The summed E-state index contributed by atoms with van der Waals surface area (Å²) in [6, 6.07) is 9.91. The first-order valence-electron chi connectivity index (χ1n) is 5.71. The molecule has 0 fully saturated rings. The average molecular weight is 335 g/mol. The normalized spacial score (nSPS) is 10.8. The topological polar surface area (TPSA) is 63.8 Å². The molecule has 19 heavy (non-hydrogen) atoms. The molecule has 2 heterocycles. The highest BCUT2D eigenvalue weighted by Gasteiger charge is 2.06. The minimum absolute atomic E-state index is 0.286. The molecule has 0 unspecified atom stereocenters. The van der Waals surface area contributed by atoms with Gasteiger partial charge in [0.25, 0.3) is 0 Å². The van der Waals surface area contributed by atoms with Gasteiger partial charge in [-0.15, -0.1) is 11.3 Å². The van der Waals surface area contributed by atoms with Crippen LogP contribution in [0, 0.1) is 0 Å². The molecule has 3 N–H and O–H groups in total. The summed E-state index contributed by atoms with van der Waals surface area (Å²) in [5.41, 5.74) is 6.58. The molecule has 0 radical (unpaired) electrons. The first-order chi connectivity index (χ1) is 9.22. The van der Waals surface area contributed by atoms with Crippen LogP contribution in [-0.2, 0) is 6.54 Å². The van der Waals surface area contributed by atoms with Crippen LogP contribution in [0.15, 0.2) is 40.2 Å². The summed E-state index contributed by atoms with van der Waals surface area (Å²) in [6.45, 7) is 0.719. The summed E-state index contributed by atoms with van der Waals surface area (Å²) in [5.74, 6) is 1.06. The van der Waals surface area contributed by atoms with Gasteiger partial charge in [-0.3, -0.25) is 0 Å². The number of hydrogen-bond acceptors (Lipinski definition) is 5. The second-order valence-corrected chi connectivity index (χ2v) is 5.94. The van der Waals surface area contributed by atoms with Crippen molar-refractivity contribution in [2.24, 2.45) is 0 Å². The molecule has 6 heteroatoms. The van der Waals surface area contributed by atoms with Crippen LogP contribution in [0.5, 0.6) is 0 Å². The van der Waals surface area contributed by atoms with E-state index in [2.05, 4.69) is 42.7 Å².